The average Bonchev–Trinajstić information content (AvgIpc) is 3.33. The van der Waals surface area contributed by atoms with E-state index in [0.717, 1.165) is 4.88 Å². The van der Waals surface area contributed by atoms with Crippen molar-refractivity contribution in [1.29, 1.82) is 0 Å². The van der Waals surface area contributed by atoms with Crippen LogP contribution in [0.25, 0.3) is 0 Å². The summed E-state index contributed by atoms with van der Waals surface area (Å²) in [5.74, 6) is -2.16. The monoisotopic (exact) mass is 388 g/mol. The lowest BCUT2D eigenvalue weighted by molar-refractivity contribution is -0.136. The Morgan fingerprint density at radius 2 is 1.73 bits per heavy atom. The molecule has 0 fully saturated rings. The Balaban J connectivity index is 1.53. The van der Waals surface area contributed by atoms with E-state index in [1.165, 1.54) is 46.9 Å². The molecule has 5 nitrogen and oxygen atoms in total. The lowest BCUT2D eigenvalue weighted by Crippen LogP contribution is -2.34. The van der Waals surface area contributed by atoms with Crippen LogP contribution >= 0.6 is 22.7 Å². The van der Waals surface area contributed by atoms with Crippen molar-refractivity contribution in [2.24, 2.45) is 0 Å². The van der Waals surface area contributed by atoms with Gasteiger partial charge in [0.1, 0.15) is 5.82 Å². The summed E-state index contributed by atoms with van der Waals surface area (Å²) in [6.45, 7) is 0.136. The van der Waals surface area contributed by atoms with Gasteiger partial charge in [-0.25, -0.2) is 4.39 Å². The maximum atomic E-state index is 12.8. The van der Waals surface area contributed by atoms with Gasteiger partial charge in [-0.3, -0.25) is 14.4 Å². The third-order valence-corrected chi connectivity index (χ3v) is 5.17. The highest BCUT2D eigenvalue weighted by Crippen LogP contribution is 2.21. The molecule has 2 amide bonds. The summed E-state index contributed by atoms with van der Waals surface area (Å²) in [4.78, 5) is 37.2. The van der Waals surface area contributed by atoms with Gasteiger partial charge >= 0.3 is 11.8 Å². The molecule has 3 rings (SSSR count). The van der Waals surface area contributed by atoms with Crippen molar-refractivity contribution in [3.05, 3.63) is 74.4 Å². The van der Waals surface area contributed by atoms with Crippen LogP contribution in [0.5, 0.6) is 0 Å². The van der Waals surface area contributed by atoms with Crippen molar-refractivity contribution in [1.82, 2.24) is 5.32 Å². The van der Waals surface area contributed by atoms with Crippen LogP contribution in [-0.4, -0.2) is 17.6 Å². The Morgan fingerprint density at radius 3 is 2.42 bits per heavy atom. The summed E-state index contributed by atoms with van der Waals surface area (Å²) in [7, 11) is 0. The van der Waals surface area contributed by atoms with Gasteiger partial charge in [0.25, 0.3) is 0 Å². The predicted octanol–water partition coefficient (Wildman–Crippen LogP) is 3.43. The van der Waals surface area contributed by atoms with E-state index in [0.29, 0.717) is 16.1 Å². The molecule has 0 spiro atoms. The number of hydrogen-bond acceptors (Lipinski definition) is 5. The minimum atomic E-state index is -0.845. The number of benzene rings is 1. The van der Waals surface area contributed by atoms with E-state index in [9.17, 15) is 18.8 Å². The summed E-state index contributed by atoms with van der Waals surface area (Å²) >= 11 is 2.72. The highest BCUT2D eigenvalue weighted by Gasteiger charge is 2.15. The standard InChI is InChI=1S/C18H13FN2O3S2/c19-12-1-3-13(4-2-12)21-18(24)17(23)20-9-14-5-6-15(26-14)16(22)11-7-8-25-10-11/h1-8,10H,9H2,(H,20,23)(H,21,24). The van der Waals surface area contributed by atoms with E-state index < -0.39 is 17.6 Å². The Kier molecular flexibility index (Phi) is 5.55. The zero-order valence-electron chi connectivity index (χ0n) is 13.3. The summed E-state index contributed by atoms with van der Waals surface area (Å²) in [5.41, 5.74) is 0.956. The van der Waals surface area contributed by atoms with Crippen LogP contribution in [0.1, 0.15) is 20.1 Å². The molecule has 0 aliphatic carbocycles. The first-order chi connectivity index (χ1) is 12.5. The number of anilines is 1. The molecule has 2 heterocycles. The van der Waals surface area contributed by atoms with Gasteiger partial charge in [-0.2, -0.15) is 11.3 Å². The SMILES string of the molecule is O=C(NCc1ccc(C(=O)c2ccsc2)s1)C(=O)Nc1ccc(F)cc1. The molecule has 3 aromatic rings. The van der Waals surface area contributed by atoms with Crippen molar-refractivity contribution in [3.8, 4) is 0 Å². The van der Waals surface area contributed by atoms with E-state index >= 15 is 0 Å². The largest absolute Gasteiger partial charge is 0.343 e. The number of ketones is 1. The van der Waals surface area contributed by atoms with Crippen molar-refractivity contribution in [2.75, 3.05) is 5.32 Å². The van der Waals surface area contributed by atoms with E-state index in [-0.39, 0.29) is 12.3 Å². The third kappa shape index (κ3) is 4.41. The molecule has 8 heteroatoms. The van der Waals surface area contributed by atoms with Gasteiger partial charge in [-0.05, 0) is 47.8 Å². The highest BCUT2D eigenvalue weighted by atomic mass is 32.1. The van der Waals surface area contributed by atoms with Crippen molar-refractivity contribution < 1.29 is 18.8 Å². The number of amides is 2. The lowest BCUT2D eigenvalue weighted by atomic mass is 10.2. The molecule has 0 saturated carbocycles. The number of rotatable bonds is 5. The van der Waals surface area contributed by atoms with Gasteiger partial charge in [-0.1, -0.05) is 0 Å². The molecule has 0 saturated heterocycles. The van der Waals surface area contributed by atoms with Gasteiger partial charge < -0.3 is 10.6 Å². The number of carbonyl (C=O) groups excluding carboxylic acids is 3. The molecule has 132 valence electrons. The topological polar surface area (TPSA) is 75.3 Å². The third-order valence-electron chi connectivity index (χ3n) is 3.40. The molecule has 1 aromatic carbocycles. The van der Waals surface area contributed by atoms with Crippen LogP contribution < -0.4 is 10.6 Å². The molecule has 0 aliphatic rings. The fraction of sp³-hybridized carbons (Fsp3) is 0.0556. The van der Waals surface area contributed by atoms with Gasteiger partial charge in [0.15, 0.2) is 0 Å². The molecule has 2 N–H and O–H groups in total. The van der Waals surface area contributed by atoms with Gasteiger partial charge in [0, 0.05) is 21.5 Å². The van der Waals surface area contributed by atoms with Crippen LogP contribution in [0, 0.1) is 5.82 Å². The smallest absolute Gasteiger partial charge is 0.313 e. The Hall–Kier alpha value is -2.84. The van der Waals surface area contributed by atoms with Crippen molar-refractivity contribution in [3.63, 3.8) is 0 Å². The number of hydrogen-bond donors (Lipinski definition) is 2. The minimum Gasteiger partial charge on any atom is -0.343 e. The minimum absolute atomic E-state index is 0.0668. The van der Waals surface area contributed by atoms with Crippen LogP contribution in [-0.2, 0) is 16.1 Å². The molecule has 0 aliphatic heterocycles. The summed E-state index contributed by atoms with van der Waals surface area (Å²) in [6.07, 6.45) is 0. The number of thiophene rings is 2. The van der Waals surface area contributed by atoms with Crippen LogP contribution in [0.2, 0.25) is 0 Å². The average molecular weight is 388 g/mol. The first kappa shape index (κ1) is 18.0. The molecule has 0 atom stereocenters. The zero-order chi connectivity index (χ0) is 18.5. The Bertz CT molecular complexity index is 934. The Morgan fingerprint density at radius 1 is 0.962 bits per heavy atom. The second-order valence-corrected chi connectivity index (χ2v) is 7.20. The second-order valence-electron chi connectivity index (χ2n) is 5.25. The molecule has 0 bridgehead atoms. The normalized spacial score (nSPS) is 10.3. The molecule has 2 aromatic heterocycles. The Labute approximate surface area is 156 Å². The van der Waals surface area contributed by atoms with E-state index in [2.05, 4.69) is 10.6 Å². The van der Waals surface area contributed by atoms with Crippen molar-refractivity contribution in [2.45, 2.75) is 6.54 Å². The van der Waals surface area contributed by atoms with Crippen LogP contribution in [0.3, 0.4) is 0 Å². The fourth-order valence-corrected chi connectivity index (χ4v) is 3.65. The van der Waals surface area contributed by atoms with Crippen LogP contribution in [0.4, 0.5) is 10.1 Å². The molecule has 0 unspecified atom stereocenters. The number of nitrogens with one attached hydrogen (secondary N) is 2. The summed E-state index contributed by atoms with van der Waals surface area (Å²) in [6, 6.07) is 10.3. The molecular weight excluding hydrogens is 375 g/mol. The maximum Gasteiger partial charge on any atom is 0.313 e. The zero-order valence-corrected chi connectivity index (χ0v) is 15.0. The molecule has 0 radical (unpaired) electrons. The van der Waals surface area contributed by atoms with Crippen molar-refractivity contribution >= 4 is 46.0 Å². The predicted molar refractivity (Wildman–Crippen MR) is 98.9 cm³/mol. The summed E-state index contributed by atoms with van der Waals surface area (Å²) < 4.78 is 12.8. The van der Waals surface area contributed by atoms with Gasteiger partial charge in [-0.15, -0.1) is 11.3 Å². The highest BCUT2D eigenvalue weighted by molar-refractivity contribution is 7.14. The van der Waals surface area contributed by atoms with E-state index in [4.69, 9.17) is 0 Å². The van der Waals surface area contributed by atoms with E-state index in [1.807, 2.05) is 5.38 Å². The van der Waals surface area contributed by atoms with Gasteiger partial charge in [0.2, 0.25) is 5.78 Å². The number of halogens is 1. The second kappa shape index (κ2) is 8.03. The maximum absolute atomic E-state index is 12.8. The van der Waals surface area contributed by atoms with Crippen LogP contribution in [0.15, 0.2) is 53.2 Å². The molecular formula is C18H13FN2O3S2. The quantitative estimate of drug-likeness (QED) is 0.519. The first-order valence-corrected chi connectivity index (χ1v) is 9.29. The van der Waals surface area contributed by atoms with E-state index in [1.54, 1.807) is 23.6 Å². The first-order valence-electron chi connectivity index (χ1n) is 7.53. The van der Waals surface area contributed by atoms with Gasteiger partial charge in [0.05, 0.1) is 11.4 Å². The lowest BCUT2D eigenvalue weighted by Gasteiger charge is -2.05. The number of carbonyl (C=O) groups is 3. The fourth-order valence-electron chi connectivity index (χ4n) is 2.10. The molecule has 26 heavy (non-hydrogen) atoms. The summed E-state index contributed by atoms with van der Waals surface area (Å²) in [5, 5.41) is 8.49.